The summed E-state index contributed by atoms with van der Waals surface area (Å²) in [4.78, 5) is 8.62. The van der Waals surface area contributed by atoms with Gasteiger partial charge in [-0.3, -0.25) is 0 Å². The lowest BCUT2D eigenvalue weighted by Crippen LogP contribution is -2.04. The van der Waals surface area contributed by atoms with Gasteiger partial charge in [0, 0.05) is 25.5 Å². The highest BCUT2D eigenvalue weighted by Crippen LogP contribution is 2.33. The van der Waals surface area contributed by atoms with E-state index in [4.69, 9.17) is 15.7 Å². The molecule has 0 saturated heterocycles. The Morgan fingerprint density at radius 3 is 2.59 bits per heavy atom. The van der Waals surface area contributed by atoms with E-state index in [1.807, 2.05) is 6.07 Å². The molecule has 1 aromatic carbocycles. The first kappa shape index (κ1) is 18.4. The average Bonchev–Trinajstić information content (AvgIpc) is 3.03. The van der Waals surface area contributed by atoms with E-state index in [0.29, 0.717) is 29.9 Å². The maximum absolute atomic E-state index is 12.9. The van der Waals surface area contributed by atoms with E-state index in [9.17, 15) is 8.78 Å². The number of hydrogen-bond acceptors (Lipinski definition) is 6. The molecule has 0 atom stereocenters. The first-order valence-corrected chi connectivity index (χ1v) is 8.07. The van der Waals surface area contributed by atoms with Gasteiger partial charge >= 0.3 is 0 Å². The Labute approximate surface area is 154 Å². The normalized spacial score (nSPS) is 10.8. The largest absolute Gasteiger partial charge is 0.438 e. The molecular weight excluding hydrogens is 354 g/mol. The third kappa shape index (κ3) is 4.07. The van der Waals surface area contributed by atoms with Crippen LogP contribution < -0.4 is 10.5 Å². The standard InChI is InChI=1S/C18H16F2N6O/c1-26-16(7-14(25-26)17(19)20)27-15-6-11(8-22)2-3-13(15)18-23-9-12(4-5-21)10-24-18/h2-3,6-7,9-10,17H,4-5,21H2,1H3. The van der Waals surface area contributed by atoms with Gasteiger partial charge in [0.15, 0.2) is 5.82 Å². The molecule has 138 valence electrons. The predicted octanol–water partition coefficient (Wildman–Crippen LogP) is 2.98. The summed E-state index contributed by atoms with van der Waals surface area (Å²) in [6.45, 7) is 0.487. The first-order chi connectivity index (χ1) is 13.0. The zero-order chi connectivity index (χ0) is 19.4. The Kier molecular flexibility index (Phi) is 5.38. The van der Waals surface area contributed by atoms with Crippen molar-refractivity contribution < 1.29 is 13.5 Å². The van der Waals surface area contributed by atoms with Crippen molar-refractivity contribution in [1.82, 2.24) is 19.7 Å². The molecule has 0 radical (unpaired) electrons. The third-order valence-corrected chi connectivity index (χ3v) is 3.78. The van der Waals surface area contributed by atoms with Crippen molar-refractivity contribution in [1.29, 1.82) is 5.26 Å². The van der Waals surface area contributed by atoms with E-state index in [0.717, 1.165) is 11.6 Å². The number of hydrogen-bond donors (Lipinski definition) is 1. The highest BCUT2D eigenvalue weighted by Gasteiger charge is 2.18. The first-order valence-electron chi connectivity index (χ1n) is 8.07. The fraction of sp³-hybridized carbons (Fsp3) is 0.222. The van der Waals surface area contributed by atoms with Gasteiger partial charge in [0.2, 0.25) is 5.88 Å². The highest BCUT2D eigenvalue weighted by atomic mass is 19.3. The Bertz CT molecular complexity index is 979. The van der Waals surface area contributed by atoms with Gasteiger partial charge in [-0.25, -0.2) is 23.4 Å². The summed E-state index contributed by atoms with van der Waals surface area (Å²) in [5.41, 5.74) is 6.89. The van der Waals surface area contributed by atoms with Gasteiger partial charge in [-0.2, -0.15) is 10.4 Å². The molecule has 27 heavy (non-hydrogen) atoms. The van der Waals surface area contributed by atoms with Gasteiger partial charge in [-0.1, -0.05) is 0 Å². The van der Waals surface area contributed by atoms with Crippen LogP contribution in [0.15, 0.2) is 36.7 Å². The molecule has 2 N–H and O–H groups in total. The van der Waals surface area contributed by atoms with Gasteiger partial charge in [0.05, 0.1) is 17.2 Å². The van der Waals surface area contributed by atoms with Gasteiger partial charge in [0.1, 0.15) is 11.4 Å². The van der Waals surface area contributed by atoms with E-state index in [1.165, 1.54) is 17.8 Å². The van der Waals surface area contributed by atoms with Crippen LogP contribution in [0.5, 0.6) is 11.6 Å². The molecule has 3 rings (SSSR count). The van der Waals surface area contributed by atoms with Crippen LogP contribution in [0.3, 0.4) is 0 Å². The van der Waals surface area contributed by atoms with Crippen LogP contribution in [0.1, 0.15) is 23.2 Å². The molecule has 0 amide bonds. The molecule has 0 spiro atoms. The summed E-state index contributed by atoms with van der Waals surface area (Å²) in [6.07, 6.45) is 1.27. The minimum atomic E-state index is -2.71. The number of ether oxygens (including phenoxy) is 1. The molecule has 0 aliphatic carbocycles. The molecular formula is C18H16F2N6O. The summed E-state index contributed by atoms with van der Waals surface area (Å²) in [7, 11) is 1.49. The molecule has 0 aliphatic heterocycles. The quantitative estimate of drug-likeness (QED) is 0.716. The number of rotatable bonds is 6. The van der Waals surface area contributed by atoms with Crippen LogP contribution in [-0.4, -0.2) is 26.3 Å². The molecule has 9 heteroatoms. The lowest BCUT2D eigenvalue weighted by Gasteiger charge is -2.11. The van der Waals surface area contributed by atoms with Gasteiger partial charge in [0.25, 0.3) is 6.43 Å². The maximum Gasteiger partial charge on any atom is 0.282 e. The van der Waals surface area contributed by atoms with Crippen molar-refractivity contribution in [3.05, 3.63) is 53.5 Å². The van der Waals surface area contributed by atoms with Crippen molar-refractivity contribution in [3.8, 4) is 29.1 Å². The summed E-state index contributed by atoms with van der Waals surface area (Å²) < 4.78 is 32.7. The van der Waals surface area contributed by atoms with E-state index in [1.54, 1.807) is 24.5 Å². The number of nitrogens with two attached hydrogens (primary N) is 1. The van der Waals surface area contributed by atoms with Crippen molar-refractivity contribution in [3.63, 3.8) is 0 Å². The molecule has 0 fully saturated rings. The zero-order valence-electron chi connectivity index (χ0n) is 14.4. The molecule has 0 bridgehead atoms. The average molecular weight is 370 g/mol. The van der Waals surface area contributed by atoms with E-state index in [-0.39, 0.29) is 11.6 Å². The smallest absolute Gasteiger partial charge is 0.282 e. The third-order valence-electron chi connectivity index (χ3n) is 3.78. The number of nitriles is 1. The second kappa shape index (κ2) is 7.88. The summed E-state index contributed by atoms with van der Waals surface area (Å²) in [6, 6.07) is 7.92. The lowest BCUT2D eigenvalue weighted by atomic mass is 10.1. The van der Waals surface area contributed by atoms with E-state index >= 15 is 0 Å². The Hall–Kier alpha value is -3.38. The van der Waals surface area contributed by atoms with Gasteiger partial charge in [-0.05, 0) is 36.7 Å². The van der Waals surface area contributed by atoms with E-state index < -0.39 is 12.1 Å². The number of alkyl halides is 2. The minimum Gasteiger partial charge on any atom is -0.438 e. The van der Waals surface area contributed by atoms with Crippen LogP contribution >= 0.6 is 0 Å². The number of aromatic nitrogens is 4. The van der Waals surface area contributed by atoms with Crippen molar-refractivity contribution in [2.75, 3.05) is 6.54 Å². The Morgan fingerprint density at radius 2 is 2.00 bits per heavy atom. The number of benzene rings is 1. The molecule has 0 aliphatic rings. The second-order valence-corrected chi connectivity index (χ2v) is 5.71. The van der Waals surface area contributed by atoms with Crippen LogP contribution in [0, 0.1) is 11.3 Å². The SMILES string of the molecule is Cn1nc(C(F)F)cc1Oc1cc(C#N)ccc1-c1ncc(CCN)cn1. The molecule has 3 aromatic rings. The summed E-state index contributed by atoms with van der Waals surface area (Å²) in [5.74, 6) is 0.761. The summed E-state index contributed by atoms with van der Waals surface area (Å²) in [5, 5.41) is 12.9. The predicted molar refractivity (Wildman–Crippen MR) is 93.2 cm³/mol. The number of aryl methyl sites for hydroxylation is 1. The fourth-order valence-corrected chi connectivity index (χ4v) is 2.44. The highest BCUT2D eigenvalue weighted by molar-refractivity contribution is 5.66. The van der Waals surface area contributed by atoms with Crippen molar-refractivity contribution >= 4 is 0 Å². The van der Waals surface area contributed by atoms with Gasteiger partial charge in [-0.15, -0.1) is 0 Å². The fourth-order valence-electron chi connectivity index (χ4n) is 2.44. The molecule has 2 aromatic heterocycles. The zero-order valence-corrected chi connectivity index (χ0v) is 14.4. The minimum absolute atomic E-state index is 0.112. The molecule has 0 saturated carbocycles. The Balaban J connectivity index is 2.00. The molecule has 7 nitrogen and oxygen atoms in total. The second-order valence-electron chi connectivity index (χ2n) is 5.71. The van der Waals surface area contributed by atoms with E-state index in [2.05, 4.69) is 15.1 Å². The molecule has 0 unspecified atom stereocenters. The summed E-state index contributed by atoms with van der Waals surface area (Å²) >= 11 is 0. The number of halogens is 2. The van der Waals surface area contributed by atoms with Crippen molar-refractivity contribution in [2.24, 2.45) is 12.8 Å². The van der Waals surface area contributed by atoms with Crippen LogP contribution in [-0.2, 0) is 13.5 Å². The number of nitrogens with zero attached hydrogens (tertiary/aromatic N) is 5. The van der Waals surface area contributed by atoms with Crippen molar-refractivity contribution in [2.45, 2.75) is 12.8 Å². The van der Waals surface area contributed by atoms with Crippen LogP contribution in [0.2, 0.25) is 0 Å². The lowest BCUT2D eigenvalue weighted by molar-refractivity contribution is 0.145. The van der Waals surface area contributed by atoms with Crippen LogP contribution in [0.4, 0.5) is 8.78 Å². The topological polar surface area (TPSA) is 103 Å². The van der Waals surface area contributed by atoms with Gasteiger partial charge < -0.3 is 10.5 Å². The maximum atomic E-state index is 12.9. The monoisotopic (exact) mass is 370 g/mol. The van der Waals surface area contributed by atoms with Crippen LogP contribution in [0.25, 0.3) is 11.4 Å². The molecule has 2 heterocycles. The Morgan fingerprint density at radius 1 is 1.26 bits per heavy atom.